The first-order valence-electron chi connectivity index (χ1n) is 6.72. The molecule has 0 aliphatic rings. The van der Waals surface area contributed by atoms with Crippen molar-refractivity contribution in [3.8, 4) is 0 Å². The van der Waals surface area contributed by atoms with Crippen molar-refractivity contribution in [1.29, 1.82) is 0 Å². The van der Waals surface area contributed by atoms with Crippen LogP contribution in [0.25, 0.3) is 0 Å². The third-order valence-corrected chi connectivity index (χ3v) is 3.44. The highest BCUT2D eigenvalue weighted by Crippen LogP contribution is 2.28. The summed E-state index contributed by atoms with van der Waals surface area (Å²) >= 11 is 6.03. The molecule has 0 radical (unpaired) electrons. The molecule has 2 rings (SSSR count). The molecule has 0 amide bonds. The van der Waals surface area contributed by atoms with E-state index in [0.29, 0.717) is 6.61 Å². The number of hydrogen-bond acceptors (Lipinski definition) is 3. The summed E-state index contributed by atoms with van der Waals surface area (Å²) in [6.45, 7) is 5.48. The second-order valence-electron chi connectivity index (χ2n) is 4.73. The Morgan fingerprint density at radius 3 is 2.75 bits per heavy atom. The molecule has 108 valence electrons. The van der Waals surface area contributed by atoms with Gasteiger partial charge in [-0.25, -0.2) is 0 Å². The van der Waals surface area contributed by atoms with E-state index < -0.39 is 0 Å². The summed E-state index contributed by atoms with van der Waals surface area (Å²) in [6, 6.07) is 9.91. The second-order valence-corrected chi connectivity index (χ2v) is 5.17. The molecule has 0 aliphatic carbocycles. The average molecular weight is 294 g/mol. The molecule has 2 aromatic rings. The third kappa shape index (κ3) is 3.42. The van der Waals surface area contributed by atoms with Crippen LogP contribution >= 0.6 is 11.6 Å². The van der Waals surface area contributed by atoms with Crippen LogP contribution in [0.3, 0.4) is 0 Å². The lowest BCUT2D eigenvalue weighted by Gasteiger charge is -2.18. The van der Waals surface area contributed by atoms with Gasteiger partial charge >= 0.3 is 0 Å². The van der Waals surface area contributed by atoms with Gasteiger partial charge in [0.05, 0.1) is 6.04 Å². The molecule has 0 aliphatic heterocycles. The summed E-state index contributed by atoms with van der Waals surface area (Å²) in [6.07, 6.45) is 0. The SMILES string of the molecule is CCNC(c1ccc(COC)o1)c1ccc(Cl)cc1C. The molecule has 0 bridgehead atoms. The summed E-state index contributed by atoms with van der Waals surface area (Å²) in [5, 5.41) is 4.20. The van der Waals surface area contributed by atoms with Gasteiger partial charge < -0.3 is 14.5 Å². The maximum Gasteiger partial charge on any atom is 0.129 e. The van der Waals surface area contributed by atoms with Crippen molar-refractivity contribution in [2.75, 3.05) is 13.7 Å². The number of rotatable bonds is 6. The molecular formula is C16H20ClNO2. The topological polar surface area (TPSA) is 34.4 Å². The lowest BCUT2D eigenvalue weighted by Crippen LogP contribution is -2.22. The second kappa shape index (κ2) is 6.93. The van der Waals surface area contributed by atoms with Gasteiger partial charge in [-0.1, -0.05) is 24.6 Å². The highest BCUT2D eigenvalue weighted by atomic mass is 35.5. The molecule has 4 heteroatoms. The van der Waals surface area contributed by atoms with Crippen LogP contribution in [0, 0.1) is 6.92 Å². The van der Waals surface area contributed by atoms with Gasteiger partial charge in [-0.05, 0) is 48.9 Å². The van der Waals surface area contributed by atoms with Crippen LogP contribution in [0.2, 0.25) is 5.02 Å². The van der Waals surface area contributed by atoms with Crippen molar-refractivity contribution < 1.29 is 9.15 Å². The normalized spacial score (nSPS) is 12.6. The predicted molar refractivity (Wildman–Crippen MR) is 81.1 cm³/mol. The molecule has 1 N–H and O–H groups in total. The van der Waals surface area contributed by atoms with Crippen LogP contribution in [-0.2, 0) is 11.3 Å². The van der Waals surface area contributed by atoms with Gasteiger partial charge in [0.2, 0.25) is 0 Å². The van der Waals surface area contributed by atoms with E-state index >= 15 is 0 Å². The van der Waals surface area contributed by atoms with Gasteiger partial charge in [-0.2, -0.15) is 0 Å². The van der Waals surface area contributed by atoms with Crippen molar-refractivity contribution >= 4 is 11.6 Å². The van der Waals surface area contributed by atoms with E-state index in [1.165, 1.54) is 5.56 Å². The van der Waals surface area contributed by atoms with Crippen molar-refractivity contribution in [1.82, 2.24) is 5.32 Å². The Labute approximate surface area is 124 Å². The number of aryl methyl sites for hydroxylation is 1. The highest BCUT2D eigenvalue weighted by molar-refractivity contribution is 6.30. The van der Waals surface area contributed by atoms with Crippen molar-refractivity contribution in [3.63, 3.8) is 0 Å². The Morgan fingerprint density at radius 1 is 1.30 bits per heavy atom. The largest absolute Gasteiger partial charge is 0.462 e. The van der Waals surface area contributed by atoms with E-state index in [2.05, 4.69) is 19.2 Å². The minimum absolute atomic E-state index is 0.0304. The van der Waals surface area contributed by atoms with Crippen LogP contribution in [0.1, 0.15) is 35.6 Å². The fraction of sp³-hybridized carbons (Fsp3) is 0.375. The zero-order valence-electron chi connectivity index (χ0n) is 12.1. The minimum Gasteiger partial charge on any atom is -0.462 e. The smallest absolute Gasteiger partial charge is 0.129 e. The number of ether oxygens (including phenoxy) is 1. The molecule has 1 aromatic heterocycles. The first kappa shape index (κ1) is 15.1. The summed E-state index contributed by atoms with van der Waals surface area (Å²) < 4.78 is 11.0. The fourth-order valence-corrected chi connectivity index (χ4v) is 2.53. The minimum atomic E-state index is 0.0304. The van der Waals surface area contributed by atoms with Gasteiger partial charge in [0.1, 0.15) is 18.1 Å². The third-order valence-electron chi connectivity index (χ3n) is 3.20. The lowest BCUT2D eigenvalue weighted by molar-refractivity contribution is 0.162. The van der Waals surface area contributed by atoms with Crippen molar-refractivity contribution in [2.45, 2.75) is 26.5 Å². The van der Waals surface area contributed by atoms with Gasteiger partial charge in [0.15, 0.2) is 0 Å². The van der Waals surface area contributed by atoms with Crippen LogP contribution < -0.4 is 5.32 Å². The fourth-order valence-electron chi connectivity index (χ4n) is 2.30. The number of hydrogen-bond donors (Lipinski definition) is 1. The quantitative estimate of drug-likeness (QED) is 0.871. The van der Waals surface area contributed by atoms with E-state index in [4.69, 9.17) is 20.8 Å². The van der Waals surface area contributed by atoms with Gasteiger partial charge in [-0.3, -0.25) is 0 Å². The van der Waals surface area contributed by atoms with E-state index in [0.717, 1.165) is 28.7 Å². The van der Waals surface area contributed by atoms with E-state index in [9.17, 15) is 0 Å². The average Bonchev–Trinajstić information content (AvgIpc) is 2.86. The van der Waals surface area contributed by atoms with Crippen molar-refractivity contribution in [2.24, 2.45) is 0 Å². The van der Waals surface area contributed by atoms with Crippen molar-refractivity contribution in [3.05, 3.63) is 58.0 Å². The Balaban J connectivity index is 2.34. The van der Waals surface area contributed by atoms with Gasteiger partial charge in [0, 0.05) is 12.1 Å². The molecule has 3 nitrogen and oxygen atoms in total. The first-order chi connectivity index (χ1) is 9.65. The molecule has 0 spiro atoms. The van der Waals surface area contributed by atoms with Gasteiger partial charge in [-0.15, -0.1) is 0 Å². The summed E-state index contributed by atoms with van der Waals surface area (Å²) in [7, 11) is 1.66. The molecule has 0 fully saturated rings. The van der Waals surface area contributed by atoms with Crippen LogP contribution in [0.5, 0.6) is 0 Å². The number of nitrogens with one attached hydrogen (secondary N) is 1. The molecule has 0 saturated heterocycles. The highest BCUT2D eigenvalue weighted by Gasteiger charge is 2.19. The Hall–Kier alpha value is -1.29. The first-order valence-corrected chi connectivity index (χ1v) is 7.10. The lowest BCUT2D eigenvalue weighted by atomic mass is 9.99. The summed E-state index contributed by atoms with van der Waals surface area (Å²) in [4.78, 5) is 0. The number of furan rings is 1. The Bertz CT molecular complexity index is 565. The standard InChI is InChI=1S/C16H20ClNO2/c1-4-18-16(14-7-5-12(17)9-11(14)2)15-8-6-13(20-15)10-19-3/h5-9,16,18H,4,10H2,1-3H3. The van der Waals surface area contributed by atoms with Gasteiger partial charge in [0.25, 0.3) is 0 Å². The monoisotopic (exact) mass is 293 g/mol. The van der Waals surface area contributed by atoms with E-state index in [1.54, 1.807) is 7.11 Å². The predicted octanol–water partition coefficient (Wildman–Crippen LogP) is 4.09. The molecule has 1 heterocycles. The maximum atomic E-state index is 6.03. The number of halogens is 1. The Morgan fingerprint density at radius 2 is 2.10 bits per heavy atom. The molecule has 20 heavy (non-hydrogen) atoms. The zero-order valence-corrected chi connectivity index (χ0v) is 12.8. The molecule has 1 aromatic carbocycles. The molecule has 0 saturated carbocycles. The maximum absolute atomic E-state index is 6.03. The summed E-state index contributed by atoms with van der Waals surface area (Å²) in [5.41, 5.74) is 2.32. The van der Waals surface area contributed by atoms with Crippen LogP contribution in [-0.4, -0.2) is 13.7 Å². The zero-order chi connectivity index (χ0) is 14.5. The number of benzene rings is 1. The molecule has 1 atom stereocenters. The number of methoxy groups -OCH3 is 1. The molecular weight excluding hydrogens is 274 g/mol. The summed E-state index contributed by atoms with van der Waals surface area (Å²) in [5.74, 6) is 1.72. The van der Waals surface area contributed by atoms with Crippen LogP contribution in [0.4, 0.5) is 0 Å². The van der Waals surface area contributed by atoms with Crippen LogP contribution in [0.15, 0.2) is 34.7 Å². The van der Waals surface area contributed by atoms with E-state index in [-0.39, 0.29) is 6.04 Å². The molecule has 1 unspecified atom stereocenters. The van der Waals surface area contributed by atoms with E-state index in [1.807, 2.05) is 30.3 Å². The Kier molecular flexibility index (Phi) is 5.24.